The van der Waals surface area contributed by atoms with E-state index >= 15 is 0 Å². The molecule has 4 rings (SSSR count). The predicted octanol–water partition coefficient (Wildman–Crippen LogP) is 3.14. The zero-order valence-electron chi connectivity index (χ0n) is 15.5. The lowest BCUT2D eigenvalue weighted by Crippen LogP contribution is -2.36. The van der Waals surface area contributed by atoms with E-state index in [2.05, 4.69) is 46.9 Å². The van der Waals surface area contributed by atoms with Crippen LogP contribution in [-0.2, 0) is 20.1 Å². The molecule has 1 N–H and O–H groups in total. The van der Waals surface area contributed by atoms with Gasteiger partial charge in [0.1, 0.15) is 10.8 Å². The number of imidazole rings is 1. The molecule has 0 amide bonds. The lowest BCUT2D eigenvalue weighted by molar-refractivity contribution is 0.182. The number of aryl methyl sites for hydroxylation is 1. The Balaban J connectivity index is 1.52. The van der Waals surface area contributed by atoms with Gasteiger partial charge in [-0.05, 0) is 43.7 Å². The average Bonchev–Trinajstić information content (AvgIpc) is 2.95. The van der Waals surface area contributed by atoms with Crippen molar-refractivity contribution in [3.05, 3.63) is 34.3 Å². The summed E-state index contributed by atoms with van der Waals surface area (Å²) in [6.45, 7) is 8.69. The number of hydrogen-bond acceptors (Lipinski definition) is 5. The molecule has 2 aromatic heterocycles. The molecule has 3 heterocycles. The molecular formula is C19H29N5S. The molecule has 2 fully saturated rings. The van der Waals surface area contributed by atoms with E-state index in [0.29, 0.717) is 17.4 Å². The minimum atomic E-state index is 0.536. The number of rotatable bonds is 6. The molecule has 0 aromatic carbocycles. The van der Waals surface area contributed by atoms with Crippen LogP contribution < -0.4 is 5.32 Å². The maximum Gasteiger partial charge on any atom is 0.122 e. The van der Waals surface area contributed by atoms with Crippen molar-refractivity contribution in [3.8, 4) is 0 Å². The van der Waals surface area contributed by atoms with Gasteiger partial charge in [0.2, 0.25) is 0 Å². The van der Waals surface area contributed by atoms with Crippen LogP contribution in [-0.4, -0.2) is 38.6 Å². The summed E-state index contributed by atoms with van der Waals surface area (Å²) in [5.41, 5.74) is 0.536. The third-order valence-corrected chi connectivity index (χ3v) is 7.21. The Kier molecular flexibility index (Phi) is 4.69. The summed E-state index contributed by atoms with van der Waals surface area (Å²) in [7, 11) is 2.09. The van der Waals surface area contributed by atoms with Crippen LogP contribution in [0.2, 0.25) is 0 Å². The van der Waals surface area contributed by atoms with Gasteiger partial charge in [0, 0.05) is 36.6 Å². The highest BCUT2D eigenvalue weighted by Gasteiger charge is 2.56. The maximum atomic E-state index is 4.71. The van der Waals surface area contributed by atoms with Crippen LogP contribution in [0.4, 0.5) is 0 Å². The molecule has 1 spiro atoms. The first-order chi connectivity index (χ1) is 12.1. The quantitative estimate of drug-likeness (QED) is 0.861. The third kappa shape index (κ3) is 3.52. The molecular weight excluding hydrogens is 330 g/mol. The highest BCUT2D eigenvalue weighted by molar-refractivity contribution is 7.11. The van der Waals surface area contributed by atoms with Crippen molar-refractivity contribution in [1.82, 2.24) is 24.8 Å². The SMILES string of the molecule is CC(C)c1cnc(CN(Cc2nccn2C)[C@@H]2CC23CCNCC3)s1. The van der Waals surface area contributed by atoms with Gasteiger partial charge in [-0.2, -0.15) is 0 Å². The minimum absolute atomic E-state index is 0.536. The molecule has 136 valence electrons. The maximum absolute atomic E-state index is 4.71. The molecule has 5 nitrogen and oxygen atoms in total. The van der Waals surface area contributed by atoms with E-state index < -0.39 is 0 Å². The Morgan fingerprint density at radius 3 is 2.76 bits per heavy atom. The molecule has 1 aliphatic carbocycles. The Hall–Kier alpha value is -1.24. The number of aromatic nitrogens is 3. The number of nitrogens with zero attached hydrogens (tertiary/aromatic N) is 4. The zero-order chi connectivity index (χ0) is 17.4. The fourth-order valence-electron chi connectivity index (χ4n) is 4.15. The van der Waals surface area contributed by atoms with Crippen molar-refractivity contribution < 1.29 is 0 Å². The van der Waals surface area contributed by atoms with E-state index in [9.17, 15) is 0 Å². The van der Waals surface area contributed by atoms with Crippen LogP contribution in [0, 0.1) is 5.41 Å². The van der Waals surface area contributed by atoms with Crippen molar-refractivity contribution in [1.29, 1.82) is 0 Å². The second-order valence-corrected chi connectivity index (χ2v) is 9.15. The standard InChI is InChI=1S/C19H29N5S/c1-14(2)15-11-22-18(25-15)13-24(12-17-21-8-9-23(17)3)16-10-19(16)4-6-20-7-5-19/h8-9,11,14,16,20H,4-7,10,12-13H2,1-3H3/t16-/m1/s1. The molecule has 1 saturated carbocycles. The van der Waals surface area contributed by atoms with Gasteiger partial charge in [0.25, 0.3) is 0 Å². The monoisotopic (exact) mass is 359 g/mol. The normalized spacial score (nSPS) is 22.2. The van der Waals surface area contributed by atoms with Crippen LogP contribution in [0.15, 0.2) is 18.6 Å². The second kappa shape index (κ2) is 6.82. The summed E-state index contributed by atoms with van der Waals surface area (Å²) >= 11 is 1.87. The Morgan fingerprint density at radius 1 is 1.32 bits per heavy atom. The van der Waals surface area contributed by atoms with Crippen LogP contribution in [0.5, 0.6) is 0 Å². The number of nitrogens with one attached hydrogen (secondary N) is 1. The predicted molar refractivity (Wildman–Crippen MR) is 102 cm³/mol. The van der Waals surface area contributed by atoms with Gasteiger partial charge >= 0.3 is 0 Å². The Morgan fingerprint density at radius 2 is 2.12 bits per heavy atom. The molecule has 2 aromatic rings. The summed E-state index contributed by atoms with van der Waals surface area (Å²) < 4.78 is 2.14. The van der Waals surface area contributed by atoms with Crippen molar-refractivity contribution in [2.24, 2.45) is 12.5 Å². The van der Waals surface area contributed by atoms with Gasteiger partial charge in [-0.1, -0.05) is 13.8 Å². The van der Waals surface area contributed by atoms with Crippen LogP contribution in [0.1, 0.15) is 54.7 Å². The van der Waals surface area contributed by atoms with E-state index in [4.69, 9.17) is 4.98 Å². The van der Waals surface area contributed by atoms with Crippen molar-refractivity contribution >= 4 is 11.3 Å². The van der Waals surface area contributed by atoms with Gasteiger partial charge in [-0.15, -0.1) is 11.3 Å². The molecule has 0 unspecified atom stereocenters. The molecule has 2 aliphatic rings. The molecule has 1 saturated heterocycles. The van der Waals surface area contributed by atoms with Gasteiger partial charge in [0.05, 0.1) is 13.1 Å². The van der Waals surface area contributed by atoms with Gasteiger partial charge in [-0.3, -0.25) is 4.90 Å². The first-order valence-electron chi connectivity index (χ1n) is 9.43. The molecule has 0 bridgehead atoms. The van der Waals surface area contributed by atoms with Crippen molar-refractivity contribution in [3.63, 3.8) is 0 Å². The summed E-state index contributed by atoms with van der Waals surface area (Å²) in [5.74, 6) is 1.71. The van der Waals surface area contributed by atoms with Gasteiger partial charge < -0.3 is 9.88 Å². The van der Waals surface area contributed by atoms with Crippen LogP contribution >= 0.6 is 11.3 Å². The highest BCUT2D eigenvalue weighted by atomic mass is 32.1. The van der Waals surface area contributed by atoms with E-state index in [-0.39, 0.29) is 0 Å². The number of hydrogen-bond donors (Lipinski definition) is 1. The Labute approximate surface area is 154 Å². The third-order valence-electron chi connectivity index (χ3n) is 5.93. The molecule has 6 heteroatoms. The lowest BCUT2D eigenvalue weighted by Gasteiger charge is -2.29. The summed E-state index contributed by atoms with van der Waals surface area (Å²) in [6, 6.07) is 0.678. The molecule has 25 heavy (non-hydrogen) atoms. The summed E-state index contributed by atoms with van der Waals surface area (Å²) in [6.07, 6.45) is 9.97. The largest absolute Gasteiger partial charge is 0.337 e. The topological polar surface area (TPSA) is 46.0 Å². The highest BCUT2D eigenvalue weighted by Crippen LogP contribution is 2.56. The van der Waals surface area contributed by atoms with E-state index in [1.807, 2.05) is 23.7 Å². The molecule has 1 atom stereocenters. The van der Waals surface area contributed by atoms with E-state index in [1.165, 1.54) is 42.2 Å². The molecule has 0 radical (unpaired) electrons. The lowest BCUT2D eigenvalue weighted by atomic mass is 9.93. The number of piperidine rings is 1. The fourth-order valence-corrected chi connectivity index (χ4v) is 5.10. The first-order valence-corrected chi connectivity index (χ1v) is 10.2. The van der Waals surface area contributed by atoms with E-state index in [0.717, 1.165) is 18.9 Å². The smallest absolute Gasteiger partial charge is 0.122 e. The minimum Gasteiger partial charge on any atom is -0.337 e. The fraction of sp³-hybridized carbons (Fsp3) is 0.684. The van der Waals surface area contributed by atoms with Gasteiger partial charge in [-0.25, -0.2) is 9.97 Å². The summed E-state index contributed by atoms with van der Waals surface area (Å²) in [4.78, 5) is 13.3. The van der Waals surface area contributed by atoms with Crippen LogP contribution in [0.25, 0.3) is 0 Å². The first kappa shape index (κ1) is 17.2. The average molecular weight is 360 g/mol. The van der Waals surface area contributed by atoms with Gasteiger partial charge in [0.15, 0.2) is 0 Å². The van der Waals surface area contributed by atoms with E-state index in [1.54, 1.807) is 0 Å². The van der Waals surface area contributed by atoms with Crippen molar-refractivity contribution in [2.75, 3.05) is 13.1 Å². The number of thiazole rings is 1. The van der Waals surface area contributed by atoms with Crippen molar-refractivity contribution in [2.45, 2.75) is 58.2 Å². The summed E-state index contributed by atoms with van der Waals surface area (Å²) in [5, 5.41) is 4.76. The van der Waals surface area contributed by atoms with Crippen LogP contribution in [0.3, 0.4) is 0 Å². The zero-order valence-corrected chi connectivity index (χ0v) is 16.4. The Bertz CT molecular complexity index is 713. The molecule has 1 aliphatic heterocycles. The second-order valence-electron chi connectivity index (χ2n) is 8.00.